The lowest BCUT2D eigenvalue weighted by atomic mass is 10.1. The summed E-state index contributed by atoms with van der Waals surface area (Å²) in [5, 5.41) is 2.91. The van der Waals surface area contributed by atoms with Gasteiger partial charge in [-0.05, 0) is 23.8 Å². The SMILES string of the molecule is O=C(CSc1nc2c(c(=O)[nH]1)CN(Cc1ccc(F)cc1)CC2)NCc1ccc(F)cc1F. The quantitative estimate of drug-likeness (QED) is 0.406. The van der Waals surface area contributed by atoms with Gasteiger partial charge in [0.05, 0.1) is 17.0 Å². The first-order valence-corrected chi connectivity index (χ1v) is 11.3. The number of carbonyl (C=O) groups excluding carboxylic acids is 1. The van der Waals surface area contributed by atoms with Crippen LogP contribution in [0.25, 0.3) is 0 Å². The number of hydrogen-bond donors (Lipinski definition) is 2. The number of H-pyrrole nitrogens is 1. The van der Waals surface area contributed by atoms with E-state index in [4.69, 9.17) is 0 Å². The monoisotopic (exact) mass is 474 g/mol. The van der Waals surface area contributed by atoms with E-state index in [1.807, 2.05) is 0 Å². The van der Waals surface area contributed by atoms with Crippen LogP contribution in [0.15, 0.2) is 52.4 Å². The maximum atomic E-state index is 13.7. The van der Waals surface area contributed by atoms with Crippen molar-refractivity contribution >= 4 is 17.7 Å². The lowest BCUT2D eigenvalue weighted by Gasteiger charge is -2.27. The van der Waals surface area contributed by atoms with Crippen LogP contribution < -0.4 is 10.9 Å². The molecule has 0 spiro atoms. The molecule has 3 aromatic rings. The number of benzene rings is 2. The van der Waals surface area contributed by atoms with Crippen LogP contribution in [0.5, 0.6) is 0 Å². The van der Waals surface area contributed by atoms with E-state index in [1.165, 1.54) is 18.2 Å². The van der Waals surface area contributed by atoms with E-state index in [1.54, 1.807) is 12.1 Å². The van der Waals surface area contributed by atoms with Crippen molar-refractivity contribution < 1.29 is 18.0 Å². The van der Waals surface area contributed by atoms with E-state index in [-0.39, 0.29) is 35.1 Å². The molecule has 0 fully saturated rings. The van der Waals surface area contributed by atoms with Gasteiger partial charge in [-0.2, -0.15) is 0 Å². The van der Waals surface area contributed by atoms with Crippen molar-refractivity contribution in [2.75, 3.05) is 12.3 Å². The molecule has 2 N–H and O–H groups in total. The largest absolute Gasteiger partial charge is 0.351 e. The number of nitrogens with one attached hydrogen (secondary N) is 2. The Labute approximate surface area is 192 Å². The zero-order valence-corrected chi connectivity index (χ0v) is 18.4. The maximum Gasteiger partial charge on any atom is 0.256 e. The average molecular weight is 475 g/mol. The summed E-state index contributed by atoms with van der Waals surface area (Å²) in [7, 11) is 0. The Balaban J connectivity index is 1.32. The molecule has 33 heavy (non-hydrogen) atoms. The third kappa shape index (κ3) is 6.02. The Bertz CT molecular complexity index is 1220. The predicted molar refractivity (Wildman–Crippen MR) is 118 cm³/mol. The fraction of sp³-hybridized carbons (Fsp3) is 0.261. The first-order valence-electron chi connectivity index (χ1n) is 10.3. The minimum absolute atomic E-state index is 0.0127. The molecule has 0 radical (unpaired) electrons. The van der Waals surface area contributed by atoms with Crippen LogP contribution in [-0.2, 0) is 30.8 Å². The Morgan fingerprint density at radius 3 is 2.64 bits per heavy atom. The predicted octanol–water partition coefficient (Wildman–Crippen LogP) is 3.15. The molecule has 1 aliphatic rings. The van der Waals surface area contributed by atoms with Gasteiger partial charge in [0, 0.05) is 44.2 Å². The van der Waals surface area contributed by atoms with Crippen LogP contribution >= 0.6 is 11.8 Å². The number of nitrogens with zero attached hydrogens (tertiary/aromatic N) is 2. The molecule has 172 valence electrons. The number of rotatable bonds is 7. The van der Waals surface area contributed by atoms with E-state index in [9.17, 15) is 22.8 Å². The van der Waals surface area contributed by atoms with Gasteiger partial charge in [0.25, 0.3) is 5.56 Å². The Morgan fingerprint density at radius 2 is 1.88 bits per heavy atom. The van der Waals surface area contributed by atoms with Crippen molar-refractivity contribution in [1.29, 1.82) is 0 Å². The molecule has 0 unspecified atom stereocenters. The van der Waals surface area contributed by atoms with E-state index in [0.29, 0.717) is 42.5 Å². The second kappa shape index (κ2) is 10.2. The van der Waals surface area contributed by atoms with Gasteiger partial charge >= 0.3 is 0 Å². The van der Waals surface area contributed by atoms with Gasteiger partial charge < -0.3 is 10.3 Å². The Kier molecular flexibility index (Phi) is 7.14. The summed E-state index contributed by atoms with van der Waals surface area (Å²) in [5.74, 6) is -2.07. The van der Waals surface area contributed by atoms with Crippen molar-refractivity contribution in [2.24, 2.45) is 0 Å². The molecule has 1 amide bonds. The third-order valence-electron chi connectivity index (χ3n) is 5.28. The molecule has 2 aromatic carbocycles. The van der Waals surface area contributed by atoms with E-state index in [0.717, 1.165) is 29.5 Å². The van der Waals surface area contributed by atoms with Crippen molar-refractivity contribution in [3.8, 4) is 0 Å². The second-order valence-corrected chi connectivity index (χ2v) is 8.65. The molecular formula is C23H21F3N4O2S. The van der Waals surface area contributed by atoms with Crippen molar-refractivity contribution in [1.82, 2.24) is 20.2 Å². The number of aromatic nitrogens is 2. The first-order chi connectivity index (χ1) is 15.9. The number of thioether (sulfide) groups is 1. The minimum atomic E-state index is -0.725. The van der Waals surface area contributed by atoms with Gasteiger partial charge in [-0.3, -0.25) is 14.5 Å². The normalized spacial score (nSPS) is 13.5. The van der Waals surface area contributed by atoms with Crippen LogP contribution in [0.4, 0.5) is 13.2 Å². The van der Waals surface area contributed by atoms with Crippen LogP contribution in [0.1, 0.15) is 22.4 Å². The highest BCUT2D eigenvalue weighted by Crippen LogP contribution is 2.19. The standard InChI is InChI=1S/C23H21F3N4O2S/c24-16-4-1-14(2-5-16)11-30-8-7-20-18(12-30)22(32)29-23(28-20)33-13-21(31)27-10-15-3-6-17(25)9-19(15)26/h1-6,9H,7-8,10-13H2,(H,27,31)(H,28,29,32). The summed E-state index contributed by atoms with van der Waals surface area (Å²) in [5.41, 5.74) is 2.18. The van der Waals surface area contributed by atoms with E-state index < -0.39 is 11.6 Å². The topological polar surface area (TPSA) is 78.1 Å². The highest BCUT2D eigenvalue weighted by atomic mass is 32.2. The van der Waals surface area contributed by atoms with E-state index in [2.05, 4.69) is 20.2 Å². The fourth-order valence-electron chi connectivity index (χ4n) is 3.55. The number of hydrogen-bond acceptors (Lipinski definition) is 5. The van der Waals surface area contributed by atoms with Crippen LogP contribution in [0.2, 0.25) is 0 Å². The van der Waals surface area contributed by atoms with Gasteiger partial charge in [0.1, 0.15) is 17.5 Å². The minimum Gasteiger partial charge on any atom is -0.351 e. The lowest BCUT2D eigenvalue weighted by Crippen LogP contribution is -2.35. The molecule has 0 bridgehead atoms. The molecule has 6 nitrogen and oxygen atoms in total. The Hall–Kier alpha value is -3.11. The van der Waals surface area contributed by atoms with Gasteiger partial charge in [0.2, 0.25) is 5.91 Å². The summed E-state index contributed by atoms with van der Waals surface area (Å²) < 4.78 is 39.7. The first kappa shape index (κ1) is 23.1. The zero-order valence-electron chi connectivity index (χ0n) is 17.5. The van der Waals surface area contributed by atoms with Crippen LogP contribution in [0, 0.1) is 17.5 Å². The van der Waals surface area contributed by atoms with Gasteiger partial charge in [0.15, 0.2) is 5.16 Å². The van der Waals surface area contributed by atoms with Crippen molar-refractivity contribution in [3.63, 3.8) is 0 Å². The number of halogens is 3. The summed E-state index contributed by atoms with van der Waals surface area (Å²) in [4.78, 5) is 34.0. The summed E-state index contributed by atoms with van der Waals surface area (Å²) in [6, 6.07) is 9.45. The van der Waals surface area contributed by atoms with Gasteiger partial charge in [-0.25, -0.2) is 18.2 Å². The Morgan fingerprint density at radius 1 is 1.12 bits per heavy atom. The maximum absolute atomic E-state index is 13.7. The van der Waals surface area contributed by atoms with Gasteiger partial charge in [-0.1, -0.05) is 30.0 Å². The third-order valence-corrected chi connectivity index (χ3v) is 6.15. The molecule has 0 saturated carbocycles. The molecule has 1 aliphatic heterocycles. The zero-order chi connectivity index (χ0) is 23.4. The molecule has 0 aliphatic carbocycles. The second-order valence-electron chi connectivity index (χ2n) is 7.68. The van der Waals surface area contributed by atoms with Gasteiger partial charge in [-0.15, -0.1) is 0 Å². The van der Waals surface area contributed by atoms with Crippen LogP contribution in [-0.4, -0.2) is 33.1 Å². The molecule has 2 heterocycles. The van der Waals surface area contributed by atoms with Crippen molar-refractivity contribution in [3.05, 3.63) is 92.7 Å². The molecule has 1 aromatic heterocycles. The molecule has 0 atom stereocenters. The molecular weight excluding hydrogens is 453 g/mol. The number of amides is 1. The van der Waals surface area contributed by atoms with Crippen LogP contribution in [0.3, 0.4) is 0 Å². The lowest BCUT2D eigenvalue weighted by molar-refractivity contribution is -0.118. The molecule has 0 saturated heterocycles. The number of aromatic amines is 1. The highest BCUT2D eigenvalue weighted by molar-refractivity contribution is 7.99. The number of carbonyl (C=O) groups is 1. The molecule has 4 rings (SSSR count). The van der Waals surface area contributed by atoms with Crippen molar-refractivity contribution in [2.45, 2.75) is 31.2 Å². The summed E-state index contributed by atoms with van der Waals surface area (Å²) in [6.45, 7) is 1.67. The average Bonchev–Trinajstić information content (AvgIpc) is 2.79. The summed E-state index contributed by atoms with van der Waals surface area (Å²) in [6.07, 6.45) is 0.587. The molecule has 10 heteroatoms. The smallest absolute Gasteiger partial charge is 0.256 e. The highest BCUT2D eigenvalue weighted by Gasteiger charge is 2.21. The fourth-order valence-corrected chi connectivity index (χ4v) is 4.26. The number of fused-ring (bicyclic) bond motifs is 1. The van der Waals surface area contributed by atoms with E-state index >= 15 is 0 Å². The summed E-state index contributed by atoms with van der Waals surface area (Å²) >= 11 is 1.08.